The Morgan fingerprint density at radius 1 is 1.24 bits per heavy atom. The van der Waals surface area contributed by atoms with Gasteiger partial charge in [0.2, 0.25) is 11.5 Å². The lowest BCUT2D eigenvalue weighted by Crippen LogP contribution is -2.26. The highest BCUT2D eigenvalue weighted by atomic mass is 19.4. The first-order chi connectivity index (χ1) is 11.8. The van der Waals surface area contributed by atoms with E-state index in [0.29, 0.717) is 16.7 Å². The van der Waals surface area contributed by atoms with Gasteiger partial charge in [-0.15, -0.1) is 0 Å². The molecule has 0 saturated carbocycles. The van der Waals surface area contributed by atoms with Crippen LogP contribution in [0, 0.1) is 0 Å². The molecule has 7 nitrogen and oxygen atoms in total. The van der Waals surface area contributed by atoms with Gasteiger partial charge in [-0.3, -0.25) is 5.32 Å². The molecule has 2 aromatic heterocycles. The van der Waals surface area contributed by atoms with Crippen LogP contribution in [0.4, 0.5) is 30.6 Å². The largest absolute Gasteiger partial charge is 0.478 e. The molecule has 0 bridgehead atoms. The van der Waals surface area contributed by atoms with E-state index in [0.717, 1.165) is 0 Å². The number of halogens is 3. The number of hydrogen-bond acceptors (Lipinski definition) is 4. The summed E-state index contributed by atoms with van der Waals surface area (Å²) in [5, 5.41) is 14.6. The summed E-state index contributed by atoms with van der Waals surface area (Å²) in [5.41, 5.74) is 1.05. The first kappa shape index (κ1) is 16.6. The maximum atomic E-state index is 12.5. The summed E-state index contributed by atoms with van der Waals surface area (Å²) >= 11 is 0. The second-order valence-corrected chi connectivity index (χ2v) is 5.18. The van der Waals surface area contributed by atoms with Gasteiger partial charge in [0.1, 0.15) is 6.54 Å². The Morgan fingerprint density at radius 3 is 2.60 bits per heavy atom. The summed E-state index contributed by atoms with van der Waals surface area (Å²) in [6.07, 6.45) is -2.80. The third-order valence-corrected chi connectivity index (χ3v) is 3.32. The van der Waals surface area contributed by atoms with E-state index in [1.165, 1.54) is 24.3 Å². The van der Waals surface area contributed by atoms with Crippen LogP contribution in [0.2, 0.25) is 0 Å². The Balaban J connectivity index is 1.87. The Labute approximate surface area is 138 Å². The number of aromatic carboxylic acids is 1. The highest BCUT2D eigenvalue weighted by Gasteiger charge is 2.29. The highest BCUT2D eigenvalue weighted by Crippen LogP contribution is 2.22. The van der Waals surface area contributed by atoms with Gasteiger partial charge in [-0.1, -0.05) is 4.98 Å². The number of H-pyrrole nitrogens is 2. The fourth-order valence-corrected chi connectivity index (χ4v) is 2.20. The van der Waals surface area contributed by atoms with Crippen molar-refractivity contribution in [2.45, 2.75) is 6.18 Å². The van der Waals surface area contributed by atoms with E-state index < -0.39 is 18.7 Å². The van der Waals surface area contributed by atoms with Gasteiger partial charge in [0.15, 0.2) is 0 Å². The van der Waals surface area contributed by atoms with Crippen LogP contribution in [-0.4, -0.2) is 33.8 Å². The van der Waals surface area contributed by atoms with Crippen molar-refractivity contribution in [1.29, 1.82) is 0 Å². The average molecular weight is 352 g/mol. The molecule has 3 rings (SSSR count). The second kappa shape index (κ2) is 6.30. The van der Waals surface area contributed by atoms with Gasteiger partial charge < -0.3 is 15.4 Å². The van der Waals surface area contributed by atoms with Crippen LogP contribution in [0.25, 0.3) is 11.0 Å². The van der Waals surface area contributed by atoms with Gasteiger partial charge in [0, 0.05) is 6.20 Å². The Kier molecular flexibility index (Phi) is 4.17. The van der Waals surface area contributed by atoms with Crippen molar-refractivity contribution in [2.24, 2.45) is 0 Å². The standard InChI is InChI=1S/C15H12F3N5O2/c16-15(17,18)7-20-12-10-5-6-19-11(10)22-14(23-12)21-9-3-1-8(2-4-9)13(24)25/h1-6H,7H2,(H,24,25)(H3,19,20,21,22,23)/p+1. The number of carbonyl (C=O) groups is 1. The third kappa shape index (κ3) is 3.97. The van der Waals surface area contributed by atoms with E-state index in [9.17, 15) is 18.0 Å². The van der Waals surface area contributed by atoms with Crippen molar-refractivity contribution >= 4 is 34.5 Å². The maximum Gasteiger partial charge on any atom is 0.415 e. The topological polar surface area (TPSA) is 104 Å². The van der Waals surface area contributed by atoms with E-state index in [2.05, 4.69) is 25.6 Å². The van der Waals surface area contributed by atoms with Crippen molar-refractivity contribution in [3.05, 3.63) is 42.1 Å². The number of benzene rings is 1. The molecule has 1 aromatic carbocycles. The number of nitrogens with one attached hydrogen (secondary N) is 4. The van der Waals surface area contributed by atoms with Crippen molar-refractivity contribution in [3.63, 3.8) is 0 Å². The molecule has 0 aliphatic rings. The summed E-state index contributed by atoms with van der Waals surface area (Å²) < 4.78 is 37.4. The van der Waals surface area contributed by atoms with Crippen molar-refractivity contribution in [3.8, 4) is 0 Å². The van der Waals surface area contributed by atoms with Crippen LogP contribution < -0.4 is 15.6 Å². The SMILES string of the molecule is O=C(O)c1ccc(Nc2nc3[nH]ccc3c(NCC(F)(F)F)[nH+]2)cc1. The molecule has 0 atom stereocenters. The number of aromatic nitrogens is 3. The lowest BCUT2D eigenvalue weighted by molar-refractivity contribution is -0.346. The summed E-state index contributed by atoms with van der Waals surface area (Å²) in [5.74, 6) is -0.696. The first-order valence-electron chi connectivity index (χ1n) is 7.13. The van der Waals surface area contributed by atoms with Gasteiger partial charge in [-0.05, 0) is 30.3 Å². The quantitative estimate of drug-likeness (QED) is 0.565. The molecule has 3 aromatic rings. The van der Waals surface area contributed by atoms with Crippen LogP contribution in [0.3, 0.4) is 0 Å². The number of nitrogens with zero attached hydrogens (tertiary/aromatic N) is 1. The predicted molar refractivity (Wildman–Crippen MR) is 83.9 cm³/mol. The fraction of sp³-hybridized carbons (Fsp3) is 0.133. The monoisotopic (exact) mass is 352 g/mol. The number of fused-ring (bicyclic) bond motifs is 1. The fourth-order valence-electron chi connectivity index (χ4n) is 2.20. The Morgan fingerprint density at radius 2 is 1.96 bits per heavy atom. The number of carboxylic acid groups (broad SMARTS) is 1. The summed E-state index contributed by atoms with van der Waals surface area (Å²) in [6.45, 7) is -1.19. The molecule has 0 fully saturated rings. The molecule has 25 heavy (non-hydrogen) atoms. The number of alkyl halides is 3. The maximum absolute atomic E-state index is 12.5. The smallest absolute Gasteiger partial charge is 0.415 e. The van der Waals surface area contributed by atoms with Crippen LogP contribution in [0.15, 0.2) is 36.5 Å². The summed E-state index contributed by atoms with van der Waals surface area (Å²) in [6, 6.07) is 7.46. The summed E-state index contributed by atoms with van der Waals surface area (Å²) in [7, 11) is 0. The van der Waals surface area contributed by atoms with E-state index in [4.69, 9.17) is 5.11 Å². The molecular formula is C15H13F3N5O2+. The molecule has 0 saturated heterocycles. The van der Waals surface area contributed by atoms with E-state index in [1.54, 1.807) is 12.3 Å². The molecule has 0 unspecified atom stereocenters. The molecule has 0 spiro atoms. The van der Waals surface area contributed by atoms with Crippen molar-refractivity contribution in [2.75, 3.05) is 17.2 Å². The summed E-state index contributed by atoms with van der Waals surface area (Å²) in [4.78, 5) is 20.7. The van der Waals surface area contributed by atoms with Crippen LogP contribution >= 0.6 is 0 Å². The minimum Gasteiger partial charge on any atom is -0.478 e. The van der Waals surface area contributed by atoms with Gasteiger partial charge in [-0.2, -0.15) is 13.2 Å². The number of rotatable bonds is 5. The minimum atomic E-state index is -4.36. The van der Waals surface area contributed by atoms with E-state index in [1.807, 2.05) is 0 Å². The third-order valence-electron chi connectivity index (χ3n) is 3.32. The molecule has 0 amide bonds. The van der Waals surface area contributed by atoms with Gasteiger partial charge >= 0.3 is 18.1 Å². The minimum absolute atomic E-state index is 0.120. The van der Waals surface area contributed by atoms with Gasteiger partial charge in [0.05, 0.1) is 16.6 Å². The zero-order valence-electron chi connectivity index (χ0n) is 12.6. The zero-order valence-corrected chi connectivity index (χ0v) is 12.6. The molecule has 0 aliphatic heterocycles. The van der Waals surface area contributed by atoms with E-state index >= 15 is 0 Å². The normalized spacial score (nSPS) is 11.5. The molecule has 0 radical (unpaired) electrons. The lowest BCUT2D eigenvalue weighted by atomic mass is 10.2. The Hall–Kier alpha value is -3.30. The first-order valence-corrected chi connectivity index (χ1v) is 7.13. The number of hydrogen-bond donors (Lipinski definition) is 4. The molecule has 2 heterocycles. The highest BCUT2D eigenvalue weighted by molar-refractivity contribution is 5.88. The predicted octanol–water partition coefficient (Wildman–Crippen LogP) is 2.79. The van der Waals surface area contributed by atoms with E-state index in [-0.39, 0.29) is 17.3 Å². The molecule has 0 aliphatic carbocycles. The van der Waals surface area contributed by atoms with Crippen LogP contribution in [0.5, 0.6) is 0 Å². The number of carboxylic acids is 1. The zero-order chi connectivity index (χ0) is 18.0. The number of anilines is 3. The lowest BCUT2D eigenvalue weighted by Gasteiger charge is -2.08. The van der Waals surface area contributed by atoms with Crippen molar-refractivity contribution < 1.29 is 28.1 Å². The molecule has 5 N–H and O–H groups in total. The van der Waals surface area contributed by atoms with Crippen molar-refractivity contribution in [1.82, 2.24) is 9.97 Å². The Bertz CT molecular complexity index is 906. The number of aromatic amines is 2. The van der Waals surface area contributed by atoms with Crippen LogP contribution in [0.1, 0.15) is 10.4 Å². The van der Waals surface area contributed by atoms with Gasteiger partial charge in [-0.25, -0.2) is 9.78 Å². The molecular weight excluding hydrogens is 339 g/mol. The second-order valence-electron chi connectivity index (χ2n) is 5.18. The van der Waals surface area contributed by atoms with Gasteiger partial charge in [0.25, 0.3) is 0 Å². The average Bonchev–Trinajstić information content (AvgIpc) is 3.01. The molecule has 130 valence electrons. The molecule has 10 heteroatoms. The van der Waals surface area contributed by atoms with Crippen LogP contribution in [-0.2, 0) is 0 Å².